The number of carbonyl (C=O) groups is 3. The number of anilines is 3. The molecule has 3 atom stereocenters. The predicted octanol–water partition coefficient (Wildman–Crippen LogP) is 4.03. The number of ether oxygens (including phenoxy) is 1. The van der Waals surface area contributed by atoms with Gasteiger partial charge in [-0.3, -0.25) is 14.4 Å². The van der Waals surface area contributed by atoms with E-state index in [2.05, 4.69) is 26.9 Å². The summed E-state index contributed by atoms with van der Waals surface area (Å²) >= 11 is 1.45. The Morgan fingerprint density at radius 1 is 1.12 bits per heavy atom. The highest BCUT2D eigenvalue weighted by Crippen LogP contribution is 2.37. The van der Waals surface area contributed by atoms with Gasteiger partial charge in [-0.1, -0.05) is 6.07 Å². The second kappa shape index (κ2) is 14.4. The fourth-order valence-electron chi connectivity index (χ4n) is 5.34. The molecular weight excluding hydrogens is 552 g/mol. The van der Waals surface area contributed by atoms with Crippen LogP contribution in [-0.4, -0.2) is 83.9 Å². The first-order valence-corrected chi connectivity index (χ1v) is 15.4. The van der Waals surface area contributed by atoms with E-state index in [1.807, 2.05) is 38.1 Å². The lowest BCUT2D eigenvalue weighted by Gasteiger charge is -2.44. The number of nitrogens with zero attached hydrogens (tertiary/aromatic N) is 3. The van der Waals surface area contributed by atoms with E-state index >= 15 is 0 Å². The number of carbonyl (C=O) groups excluding carboxylic acids is 3. The zero-order valence-electron chi connectivity index (χ0n) is 24.5. The Labute approximate surface area is 252 Å². The largest absolute Gasteiger partial charge is 0.497 e. The molecule has 0 aromatic heterocycles. The zero-order chi connectivity index (χ0) is 30.1. The van der Waals surface area contributed by atoms with Crippen LogP contribution in [0, 0.1) is 17.2 Å². The summed E-state index contributed by atoms with van der Waals surface area (Å²) in [5.41, 5.74) is 2.05. The van der Waals surface area contributed by atoms with Crippen molar-refractivity contribution in [3.8, 4) is 11.8 Å². The van der Waals surface area contributed by atoms with Gasteiger partial charge in [-0.05, 0) is 82.2 Å². The Bertz CT molecular complexity index is 1290. The molecule has 2 aliphatic heterocycles. The number of hydrogen-bond donors (Lipinski definition) is 3. The molecule has 2 aromatic rings. The van der Waals surface area contributed by atoms with Crippen molar-refractivity contribution < 1.29 is 19.1 Å². The lowest BCUT2D eigenvalue weighted by molar-refractivity contribution is -0.137. The Balaban J connectivity index is 1.34. The highest BCUT2D eigenvalue weighted by Gasteiger charge is 2.47. The van der Waals surface area contributed by atoms with Crippen molar-refractivity contribution in [1.29, 1.82) is 5.26 Å². The molecule has 0 radical (unpaired) electrons. The summed E-state index contributed by atoms with van der Waals surface area (Å²) in [7, 11) is 1.56. The maximum Gasteiger partial charge on any atom is 0.243 e. The van der Waals surface area contributed by atoms with Gasteiger partial charge in [0.2, 0.25) is 17.7 Å². The van der Waals surface area contributed by atoms with Crippen LogP contribution >= 0.6 is 11.8 Å². The van der Waals surface area contributed by atoms with Crippen LogP contribution in [0.4, 0.5) is 17.1 Å². The molecule has 2 saturated heterocycles. The van der Waals surface area contributed by atoms with Crippen LogP contribution < -0.4 is 20.7 Å². The zero-order valence-corrected chi connectivity index (χ0v) is 25.3. The first-order valence-electron chi connectivity index (χ1n) is 14.4. The van der Waals surface area contributed by atoms with E-state index in [9.17, 15) is 19.6 Å². The number of amides is 3. The number of nitrogens with one attached hydrogen (secondary N) is 3. The molecule has 224 valence electrons. The third-order valence-corrected chi connectivity index (χ3v) is 9.29. The Hall–Kier alpha value is -3.75. The number of benzene rings is 2. The van der Waals surface area contributed by atoms with E-state index in [4.69, 9.17) is 4.74 Å². The molecule has 2 aromatic carbocycles. The fourth-order valence-corrected chi connectivity index (χ4v) is 6.66. The first kappa shape index (κ1) is 31.2. The summed E-state index contributed by atoms with van der Waals surface area (Å²) in [6, 6.07) is 15.9. The molecule has 0 bridgehead atoms. The molecule has 2 fully saturated rings. The summed E-state index contributed by atoms with van der Waals surface area (Å²) < 4.78 is 4.36. The van der Waals surface area contributed by atoms with E-state index in [1.165, 1.54) is 24.6 Å². The summed E-state index contributed by atoms with van der Waals surface area (Å²) in [6.45, 7) is 7.37. The van der Waals surface area contributed by atoms with Crippen molar-refractivity contribution in [2.75, 3.05) is 61.5 Å². The average Bonchev–Trinajstić information content (AvgIpc) is 3.52. The summed E-state index contributed by atoms with van der Waals surface area (Å²) in [4.78, 5) is 43.3. The lowest BCUT2D eigenvalue weighted by Crippen LogP contribution is -2.60. The van der Waals surface area contributed by atoms with Gasteiger partial charge in [-0.2, -0.15) is 5.26 Å². The normalized spacial score (nSPS) is 21.3. The molecular formula is C31H40N6O4S. The van der Waals surface area contributed by atoms with Crippen LogP contribution in [0.1, 0.15) is 33.1 Å². The van der Waals surface area contributed by atoms with E-state index < -0.39 is 22.6 Å². The van der Waals surface area contributed by atoms with Crippen molar-refractivity contribution in [3.05, 3.63) is 48.5 Å². The number of likely N-dealkylation sites (tertiary alicyclic amines) is 1. The highest BCUT2D eigenvalue weighted by atomic mass is 32.2. The molecule has 2 heterocycles. The minimum Gasteiger partial charge on any atom is -0.497 e. The molecule has 42 heavy (non-hydrogen) atoms. The molecule has 11 heteroatoms. The van der Waals surface area contributed by atoms with Gasteiger partial charge >= 0.3 is 0 Å². The van der Waals surface area contributed by atoms with Crippen molar-refractivity contribution in [3.63, 3.8) is 0 Å². The van der Waals surface area contributed by atoms with E-state index in [0.717, 1.165) is 25.3 Å². The van der Waals surface area contributed by atoms with Gasteiger partial charge in [0.15, 0.2) is 0 Å². The van der Waals surface area contributed by atoms with E-state index in [-0.39, 0.29) is 11.8 Å². The summed E-state index contributed by atoms with van der Waals surface area (Å²) in [6.07, 6.45) is 2.85. The summed E-state index contributed by atoms with van der Waals surface area (Å²) in [5, 5.41) is 19.1. The van der Waals surface area contributed by atoms with Crippen molar-refractivity contribution in [1.82, 2.24) is 9.80 Å². The predicted molar refractivity (Wildman–Crippen MR) is 167 cm³/mol. The number of thioether (sulfide) groups is 1. The maximum atomic E-state index is 13.7. The monoisotopic (exact) mass is 592 g/mol. The van der Waals surface area contributed by atoms with Crippen LogP contribution in [-0.2, 0) is 14.4 Å². The van der Waals surface area contributed by atoms with Gasteiger partial charge in [0.1, 0.15) is 16.4 Å². The Morgan fingerprint density at radius 3 is 2.50 bits per heavy atom. The molecule has 10 nitrogen and oxygen atoms in total. The number of methoxy groups -OCH3 is 1. The second-order valence-electron chi connectivity index (χ2n) is 10.8. The summed E-state index contributed by atoms with van der Waals surface area (Å²) in [5.74, 6) is -0.501. The van der Waals surface area contributed by atoms with E-state index in [0.29, 0.717) is 42.4 Å². The molecule has 3 amide bonds. The SMILES string of the molecule is CCN1C(=O)C(C)(CNc2cccc(NC(=O)CCN3CCCC3)c2)SCC1[C@H](C#N)C(=O)Nc1ccc(OC)cc1. The first-order chi connectivity index (χ1) is 20.3. The lowest BCUT2D eigenvalue weighted by atomic mass is 9.97. The van der Waals surface area contributed by atoms with E-state index in [1.54, 1.807) is 36.3 Å². The second-order valence-corrected chi connectivity index (χ2v) is 12.3. The molecule has 2 aliphatic rings. The molecule has 0 saturated carbocycles. The van der Waals surface area contributed by atoms with Crippen molar-refractivity contribution in [2.24, 2.45) is 5.92 Å². The topological polar surface area (TPSA) is 127 Å². The van der Waals surface area contributed by atoms with Crippen LogP contribution in [0.5, 0.6) is 5.75 Å². The van der Waals surface area contributed by atoms with Gasteiger partial charge in [-0.15, -0.1) is 11.8 Å². The smallest absolute Gasteiger partial charge is 0.243 e. The molecule has 2 unspecified atom stereocenters. The third-order valence-electron chi connectivity index (χ3n) is 7.82. The highest BCUT2D eigenvalue weighted by molar-refractivity contribution is 8.01. The van der Waals surface area contributed by atoms with Crippen LogP contribution in [0.25, 0.3) is 0 Å². The molecule has 0 aliphatic carbocycles. The molecule has 4 rings (SSSR count). The molecule has 3 N–H and O–H groups in total. The van der Waals surface area contributed by atoms with Gasteiger partial charge in [0, 0.05) is 48.9 Å². The maximum absolute atomic E-state index is 13.7. The van der Waals surface area contributed by atoms with Gasteiger partial charge in [0.05, 0.1) is 19.2 Å². The number of rotatable bonds is 12. The Kier molecular flexibility index (Phi) is 10.7. The fraction of sp³-hybridized carbons (Fsp3) is 0.484. The Morgan fingerprint density at radius 2 is 1.83 bits per heavy atom. The minimum atomic E-state index is -1.02. The van der Waals surface area contributed by atoms with Crippen LogP contribution in [0.15, 0.2) is 48.5 Å². The quantitative estimate of drug-likeness (QED) is 0.337. The minimum absolute atomic E-state index is 0.0169. The van der Waals surface area contributed by atoms with Crippen molar-refractivity contribution >= 4 is 46.5 Å². The third kappa shape index (κ3) is 7.75. The van der Waals surface area contributed by atoms with Gasteiger partial charge in [-0.25, -0.2) is 0 Å². The van der Waals surface area contributed by atoms with Crippen LogP contribution in [0.2, 0.25) is 0 Å². The van der Waals surface area contributed by atoms with Crippen LogP contribution in [0.3, 0.4) is 0 Å². The number of hydrogen-bond acceptors (Lipinski definition) is 8. The van der Waals surface area contributed by atoms with Gasteiger partial charge < -0.3 is 30.5 Å². The molecule has 0 spiro atoms. The van der Waals surface area contributed by atoms with Crippen molar-refractivity contribution in [2.45, 2.75) is 43.9 Å². The average molecular weight is 593 g/mol. The standard InChI is InChI=1S/C31H40N6O4S/c1-4-37-27(26(19-32)29(39)35-22-10-12-25(41-3)13-11-22)20-42-31(2,30(37)40)21-33-23-8-7-9-24(18-23)34-28(38)14-17-36-15-5-6-16-36/h7-13,18,26-27,33H,4-6,14-17,20-21H2,1-3H3,(H,34,38)(H,35,39)/t26-,27?,31?/m0/s1. The van der Waals surface area contributed by atoms with Gasteiger partial charge in [0.25, 0.3) is 0 Å². The number of nitriles is 1.